The third kappa shape index (κ3) is 3.40. The number of carboxylic acids is 1. The molecule has 2 rings (SSSR count). The summed E-state index contributed by atoms with van der Waals surface area (Å²) in [7, 11) is 0. The molecular weight excluding hydrogens is 284 g/mol. The fraction of sp³-hybridized carbons (Fsp3) is 0.500. The van der Waals surface area contributed by atoms with Crippen molar-refractivity contribution < 1.29 is 9.90 Å². The summed E-state index contributed by atoms with van der Waals surface area (Å²) in [6.45, 7) is 5.13. The van der Waals surface area contributed by atoms with Gasteiger partial charge in [-0.3, -0.25) is 0 Å². The normalized spacial score (nSPS) is 12.7. The number of para-hydroxylation sites is 1. The lowest BCUT2D eigenvalue weighted by Crippen LogP contribution is -2.10. The highest BCUT2D eigenvalue weighted by molar-refractivity contribution is 7.99. The summed E-state index contributed by atoms with van der Waals surface area (Å²) >= 11 is 1.83. The second kappa shape index (κ2) is 6.98. The molecule has 0 radical (unpaired) electrons. The fourth-order valence-corrected chi connectivity index (χ4v) is 2.83. The lowest BCUT2D eigenvalue weighted by Gasteiger charge is -2.13. The van der Waals surface area contributed by atoms with E-state index >= 15 is 0 Å². The molecule has 2 aromatic rings. The fourth-order valence-electron chi connectivity index (χ4n) is 2.49. The Labute approximate surface area is 129 Å². The number of thioether (sulfide) groups is 1. The van der Waals surface area contributed by atoms with Gasteiger partial charge in [0.25, 0.3) is 0 Å². The summed E-state index contributed by atoms with van der Waals surface area (Å²) in [6, 6.07) is 5.33. The number of aryl methyl sites for hydroxylation is 2. The Morgan fingerprint density at radius 2 is 2.24 bits per heavy atom. The minimum absolute atomic E-state index is 0.346. The van der Waals surface area contributed by atoms with Crippen LogP contribution in [0.15, 0.2) is 18.2 Å². The molecule has 1 aromatic heterocycles. The average Bonchev–Trinajstić information content (AvgIpc) is 2.82. The molecule has 0 amide bonds. The number of hydrogen-bond acceptors (Lipinski definition) is 3. The van der Waals surface area contributed by atoms with Crippen LogP contribution >= 0.6 is 11.8 Å². The van der Waals surface area contributed by atoms with Crippen molar-refractivity contribution in [1.82, 2.24) is 9.55 Å². The number of aromatic carboxylic acids is 1. The van der Waals surface area contributed by atoms with Gasteiger partial charge in [0.05, 0.1) is 16.6 Å². The van der Waals surface area contributed by atoms with Crippen LogP contribution in [0.4, 0.5) is 0 Å². The van der Waals surface area contributed by atoms with Crippen LogP contribution in [0.5, 0.6) is 0 Å². The first-order valence-corrected chi connectivity index (χ1v) is 8.61. The smallest absolute Gasteiger partial charge is 0.337 e. The molecule has 0 spiro atoms. The van der Waals surface area contributed by atoms with Crippen LogP contribution < -0.4 is 0 Å². The molecule has 5 heteroatoms. The van der Waals surface area contributed by atoms with E-state index in [4.69, 9.17) is 0 Å². The Balaban J connectivity index is 2.51. The summed E-state index contributed by atoms with van der Waals surface area (Å²) in [6.07, 6.45) is 4.99. The Morgan fingerprint density at radius 1 is 1.48 bits per heavy atom. The number of nitrogens with zero attached hydrogens (tertiary/aromatic N) is 2. The molecule has 0 aliphatic rings. The highest BCUT2D eigenvalue weighted by Gasteiger charge is 2.17. The van der Waals surface area contributed by atoms with Crippen molar-refractivity contribution in [1.29, 1.82) is 0 Å². The predicted molar refractivity (Wildman–Crippen MR) is 88.3 cm³/mol. The van der Waals surface area contributed by atoms with Gasteiger partial charge >= 0.3 is 5.97 Å². The zero-order valence-corrected chi connectivity index (χ0v) is 13.6. The molecule has 1 atom stereocenters. The Hall–Kier alpha value is -1.49. The molecule has 21 heavy (non-hydrogen) atoms. The van der Waals surface area contributed by atoms with E-state index in [0.29, 0.717) is 10.8 Å². The van der Waals surface area contributed by atoms with Crippen LogP contribution in [0.25, 0.3) is 11.0 Å². The van der Waals surface area contributed by atoms with E-state index in [1.807, 2.05) is 17.8 Å². The van der Waals surface area contributed by atoms with E-state index in [-0.39, 0.29) is 0 Å². The monoisotopic (exact) mass is 306 g/mol. The molecular formula is C16H22N2O2S. The molecule has 0 saturated carbocycles. The van der Waals surface area contributed by atoms with Crippen LogP contribution in [0.3, 0.4) is 0 Å². The zero-order valence-electron chi connectivity index (χ0n) is 12.8. The molecule has 0 bridgehead atoms. The highest BCUT2D eigenvalue weighted by atomic mass is 32.2. The van der Waals surface area contributed by atoms with Gasteiger partial charge in [-0.15, -0.1) is 0 Å². The molecule has 1 unspecified atom stereocenters. The van der Waals surface area contributed by atoms with Gasteiger partial charge in [0.1, 0.15) is 5.82 Å². The predicted octanol–water partition coefficient (Wildman–Crippen LogP) is 3.83. The molecule has 0 fully saturated rings. The van der Waals surface area contributed by atoms with Crippen LogP contribution in [-0.4, -0.2) is 32.1 Å². The van der Waals surface area contributed by atoms with E-state index < -0.39 is 5.97 Å². The van der Waals surface area contributed by atoms with Crippen molar-refractivity contribution in [2.45, 2.75) is 44.9 Å². The Kier molecular flexibility index (Phi) is 5.28. The first-order valence-electron chi connectivity index (χ1n) is 7.32. The van der Waals surface area contributed by atoms with Crippen LogP contribution in [-0.2, 0) is 13.0 Å². The van der Waals surface area contributed by atoms with E-state index in [9.17, 15) is 9.90 Å². The number of hydrogen-bond donors (Lipinski definition) is 1. The first-order chi connectivity index (χ1) is 10.1. The van der Waals surface area contributed by atoms with Crippen LogP contribution in [0.1, 0.15) is 42.9 Å². The molecule has 0 saturated heterocycles. The zero-order chi connectivity index (χ0) is 15.4. The maximum atomic E-state index is 11.5. The third-order valence-corrected chi connectivity index (χ3v) is 4.75. The standard InChI is InChI=1S/C16H22N2O2S/c1-4-6-14-17-13-8-5-7-12(16(19)20)15(13)18(14)10-9-11(2)21-3/h5,7-8,11H,4,6,9-10H2,1-3H3,(H,19,20). The number of benzene rings is 1. The molecule has 114 valence electrons. The van der Waals surface area contributed by atoms with Crippen LogP contribution in [0.2, 0.25) is 0 Å². The van der Waals surface area contributed by atoms with E-state index in [0.717, 1.165) is 42.7 Å². The quantitative estimate of drug-likeness (QED) is 0.844. The highest BCUT2D eigenvalue weighted by Crippen LogP contribution is 2.23. The van der Waals surface area contributed by atoms with Crippen molar-refractivity contribution in [3.8, 4) is 0 Å². The molecule has 4 nitrogen and oxygen atoms in total. The maximum absolute atomic E-state index is 11.5. The number of carbonyl (C=O) groups is 1. The molecule has 0 aliphatic heterocycles. The summed E-state index contributed by atoms with van der Waals surface area (Å²) < 4.78 is 2.11. The van der Waals surface area contributed by atoms with Crippen molar-refractivity contribution in [2.75, 3.05) is 6.26 Å². The molecule has 1 heterocycles. The van der Waals surface area contributed by atoms with Crippen molar-refractivity contribution in [2.24, 2.45) is 0 Å². The van der Waals surface area contributed by atoms with Crippen LogP contribution in [0, 0.1) is 0 Å². The minimum Gasteiger partial charge on any atom is -0.478 e. The number of aromatic nitrogens is 2. The molecule has 1 N–H and O–H groups in total. The van der Waals surface area contributed by atoms with Gasteiger partial charge in [-0.1, -0.05) is 19.9 Å². The van der Waals surface area contributed by atoms with Gasteiger partial charge in [0, 0.05) is 18.2 Å². The topological polar surface area (TPSA) is 55.1 Å². The van der Waals surface area contributed by atoms with Crippen molar-refractivity contribution in [3.05, 3.63) is 29.6 Å². The Bertz CT molecular complexity index is 636. The number of fused-ring (bicyclic) bond motifs is 1. The largest absolute Gasteiger partial charge is 0.478 e. The molecule has 1 aromatic carbocycles. The van der Waals surface area contributed by atoms with Gasteiger partial charge in [-0.05, 0) is 31.2 Å². The first kappa shape index (κ1) is 15.9. The number of rotatable bonds is 7. The SMILES string of the molecule is CCCc1nc2cccc(C(=O)O)c2n1CCC(C)SC. The maximum Gasteiger partial charge on any atom is 0.337 e. The van der Waals surface area contributed by atoms with Gasteiger partial charge in [0.15, 0.2) is 0 Å². The summed E-state index contributed by atoms with van der Waals surface area (Å²) in [5.41, 5.74) is 1.90. The average molecular weight is 306 g/mol. The van der Waals surface area contributed by atoms with E-state index in [2.05, 4.69) is 29.7 Å². The van der Waals surface area contributed by atoms with Crippen molar-refractivity contribution in [3.63, 3.8) is 0 Å². The van der Waals surface area contributed by atoms with E-state index in [1.54, 1.807) is 12.1 Å². The second-order valence-electron chi connectivity index (χ2n) is 5.24. The number of imidazole rings is 1. The Morgan fingerprint density at radius 3 is 2.86 bits per heavy atom. The third-order valence-electron chi connectivity index (χ3n) is 3.71. The van der Waals surface area contributed by atoms with Gasteiger partial charge in [0.2, 0.25) is 0 Å². The van der Waals surface area contributed by atoms with Crippen molar-refractivity contribution >= 4 is 28.8 Å². The minimum atomic E-state index is -0.886. The van der Waals surface area contributed by atoms with Gasteiger partial charge in [-0.25, -0.2) is 9.78 Å². The van der Waals surface area contributed by atoms with E-state index in [1.165, 1.54) is 0 Å². The summed E-state index contributed by atoms with van der Waals surface area (Å²) in [5.74, 6) is 0.109. The lowest BCUT2D eigenvalue weighted by molar-refractivity contribution is 0.0698. The summed E-state index contributed by atoms with van der Waals surface area (Å²) in [5, 5.41) is 9.97. The molecule has 0 aliphatic carbocycles. The summed E-state index contributed by atoms with van der Waals surface area (Å²) in [4.78, 5) is 16.1. The van der Waals surface area contributed by atoms with Gasteiger partial charge < -0.3 is 9.67 Å². The van der Waals surface area contributed by atoms with Gasteiger partial charge in [-0.2, -0.15) is 11.8 Å². The lowest BCUT2D eigenvalue weighted by atomic mass is 10.2. The number of carboxylic acid groups (broad SMARTS) is 1. The second-order valence-corrected chi connectivity index (χ2v) is 6.52.